The third kappa shape index (κ3) is 5.83. The van der Waals surface area contributed by atoms with Crippen LogP contribution in [0.15, 0.2) is 224 Å². The summed E-state index contributed by atoms with van der Waals surface area (Å²) in [5, 5.41) is 2.63. The van der Waals surface area contributed by atoms with Gasteiger partial charge in [0.05, 0.1) is 5.41 Å². The van der Waals surface area contributed by atoms with Gasteiger partial charge in [0.15, 0.2) is 17.5 Å². The quantitative estimate of drug-likeness (QED) is 0.161. The number of rotatable bonds is 7. The third-order valence-corrected chi connectivity index (χ3v) is 13.7. The van der Waals surface area contributed by atoms with Gasteiger partial charge in [-0.2, -0.15) is 0 Å². The van der Waals surface area contributed by atoms with Gasteiger partial charge in [-0.1, -0.05) is 212 Å². The van der Waals surface area contributed by atoms with E-state index in [-0.39, 0.29) is 0 Å². The SMILES string of the molecule is c1ccc(-c2nc(-c3ccc(-c4ccc(-c5cccc6c5sc5ccccc56)cc4)cc3)nc(-c3ccc4c(c3)C(c3ccccc3)(c3ccccc3)c3ccccc3-4)n2)cc1. The van der Waals surface area contributed by atoms with Crippen molar-refractivity contribution in [3.8, 4) is 67.5 Å². The van der Waals surface area contributed by atoms with E-state index < -0.39 is 5.41 Å². The van der Waals surface area contributed by atoms with Crippen molar-refractivity contribution in [2.45, 2.75) is 5.41 Å². The number of benzene rings is 9. The summed E-state index contributed by atoms with van der Waals surface area (Å²) in [6.07, 6.45) is 0. The molecule has 12 rings (SSSR count). The Balaban J connectivity index is 0.943. The maximum atomic E-state index is 5.23. The fourth-order valence-electron chi connectivity index (χ4n) is 9.56. The van der Waals surface area contributed by atoms with Crippen LogP contribution in [0.25, 0.3) is 87.7 Å². The topological polar surface area (TPSA) is 38.7 Å². The lowest BCUT2D eigenvalue weighted by Crippen LogP contribution is -2.28. The summed E-state index contributed by atoms with van der Waals surface area (Å²) < 4.78 is 2.65. The van der Waals surface area contributed by atoms with E-state index in [0.717, 1.165) is 27.8 Å². The summed E-state index contributed by atoms with van der Waals surface area (Å²) in [7, 11) is 0. The first-order valence-electron chi connectivity index (χ1n) is 21.0. The van der Waals surface area contributed by atoms with E-state index in [0.29, 0.717) is 17.5 Å². The molecule has 0 aliphatic heterocycles. The lowest BCUT2D eigenvalue weighted by atomic mass is 9.67. The monoisotopic (exact) mass is 807 g/mol. The fraction of sp³-hybridized carbons (Fsp3) is 0.0172. The average Bonchev–Trinajstić information content (AvgIpc) is 3.89. The van der Waals surface area contributed by atoms with Gasteiger partial charge in [-0.25, -0.2) is 15.0 Å². The van der Waals surface area contributed by atoms with Gasteiger partial charge in [-0.3, -0.25) is 0 Å². The molecular formula is C58H37N3S. The molecule has 0 saturated heterocycles. The predicted octanol–water partition coefficient (Wildman–Crippen LogP) is 14.9. The van der Waals surface area contributed by atoms with E-state index in [4.69, 9.17) is 15.0 Å². The van der Waals surface area contributed by atoms with E-state index in [1.54, 1.807) is 0 Å². The van der Waals surface area contributed by atoms with Gasteiger partial charge in [-0.15, -0.1) is 11.3 Å². The standard InChI is InChI=1S/C58H37N3S/c1-4-15-41(16-5-1)55-59-56(42-33-29-39(30-34-42)38-27-31-40(32-28-38)46-23-14-24-50-49-22-11-13-26-53(49)62-54(46)50)61-57(60-55)43-35-36-48-47-21-10-12-25-51(47)58(52(48)37-43,44-17-6-2-7-18-44)45-19-8-3-9-20-45/h1-37H. The Labute approximate surface area is 364 Å². The summed E-state index contributed by atoms with van der Waals surface area (Å²) >= 11 is 1.87. The zero-order valence-corrected chi connectivity index (χ0v) is 34.4. The third-order valence-electron chi connectivity index (χ3n) is 12.5. The summed E-state index contributed by atoms with van der Waals surface area (Å²) in [5.74, 6) is 1.91. The number of hydrogen-bond donors (Lipinski definition) is 0. The molecule has 0 radical (unpaired) electrons. The fourth-order valence-corrected chi connectivity index (χ4v) is 10.8. The van der Waals surface area contributed by atoms with Crippen molar-refractivity contribution < 1.29 is 0 Å². The van der Waals surface area contributed by atoms with Crippen molar-refractivity contribution >= 4 is 31.5 Å². The lowest BCUT2D eigenvalue weighted by Gasteiger charge is -2.34. The molecule has 0 bridgehead atoms. The van der Waals surface area contributed by atoms with Gasteiger partial charge in [0, 0.05) is 36.9 Å². The Kier molecular flexibility index (Phi) is 8.58. The minimum absolute atomic E-state index is 0.525. The van der Waals surface area contributed by atoms with Crippen LogP contribution in [-0.2, 0) is 5.41 Å². The highest BCUT2D eigenvalue weighted by Crippen LogP contribution is 2.56. The molecule has 0 N–H and O–H groups in total. The predicted molar refractivity (Wildman–Crippen MR) is 257 cm³/mol. The maximum Gasteiger partial charge on any atom is 0.164 e. The van der Waals surface area contributed by atoms with Gasteiger partial charge in [0.1, 0.15) is 0 Å². The van der Waals surface area contributed by atoms with Gasteiger partial charge >= 0.3 is 0 Å². The molecule has 0 amide bonds. The Hall–Kier alpha value is -7.79. The van der Waals surface area contributed by atoms with Crippen LogP contribution < -0.4 is 0 Å². The normalized spacial score (nSPS) is 12.6. The summed E-state index contributed by atoms with van der Waals surface area (Å²) in [6.45, 7) is 0. The lowest BCUT2D eigenvalue weighted by molar-refractivity contribution is 0.768. The van der Waals surface area contributed by atoms with Crippen LogP contribution in [-0.4, -0.2) is 15.0 Å². The highest BCUT2D eigenvalue weighted by Gasteiger charge is 2.46. The van der Waals surface area contributed by atoms with Crippen LogP contribution in [0.4, 0.5) is 0 Å². The highest BCUT2D eigenvalue weighted by molar-refractivity contribution is 7.26. The van der Waals surface area contributed by atoms with Crippen LogP contribution in [0.5, 0.6) is 0 Å². The van der Waals surface area contributed by atoms with Crippen LogP contribution in [0.1, 0.15) is 22.3 Å². The Morgan fingerprint density at radius 3 is 1.45 bits per heavy atom. The van der Waals surface area contributed by atoms with Crippen LogP contribution in [0.3, 0.4) is 0 Å². The second-order valence-electron chi connectivity index (χ2n) is 15.9. The van der Waals surface area contributed by atoms with E-state index >= 15 is 0 Å². The number of thiophene rings is 1. The summed E-state index contributed by atoms with van der Waals surface area (Å²) in [5.41, 5.74) is 14.5. The first-order valence-corrected chi connectivity index (χ1v) is 21.8. The molecule has 3 nitrogen and oxygen atoms in total. The first kappa shape index (κ1) is 36.1. The molecule has 62 heavy (non-hydrogen) atoms. The smallest absolute Gasteiger partial charge is 0.164 e. The zero-order valence-electron chi connectivity index (χ0n) is 33.6. The van der Waals surface area contributed by atoms with Gasteiger partial charge in [0.2, 0.25) is 0 Å². The summed E-state index contributed by atoms with van der Waals surface area (Å²) in [6, 6.07) is 80.4. The Morgan fingerprint density at radius 2 is 0.774 bits per heavy atom. The molecule has 290 valence electrons. The van der Waals surface area contributed by atoms with Crippen molar-refractivity contribution in [3.63, 3.8) is 0 Å². The molecule has 1 aliphatic rings. The van der Waals surface area contributed by atoms with Gasteiger partial charge < -0.3 is 0 Å². The van der Waals surface area contributed by atoms with Crippen molar-refractivity contribution in [2.24, 2.45) is 0 Å². The van der Waals surface area contributed by atoms with Crippen LogP contribution in [0, 0.1) is 0 Å². The Morgan fingerprint density at radius 1 is 0.306 bits per heavy atom. The molecule has 0 atom stereocenters. The molecule has 11 aromatic rings. The van der Waals surface area contributed by atoms with Crippen molar-refractivity contribution in [1.29, 1.82) is 0 Å². The molecule has 9 aromatic carbocycles. The van der Waals surface area contributed by atoms with Gasteiger partial charge in [-0.05, 0) is 67.8 Å². The molecule has 0 fully saturated rings. The van der Waals surface area contributed by atoms with E-state index in [1.165, 1.54) is 64.7 Å². The summed E-state index contributed by atoms with van der Waals surface area (Å²) in [4.78, 5) is 15.5. The van der Waals surface area contributed by atoms with E-state index in [1.807, 2.05) is 29.5 Å². The number of hydrogen-bond acceptors (Lipinski definition) is 4. The maximum absolute atomic E-state index is 5.23. The molecule has 0 unspecified atom stereocenters. The number of nitrogens with zero attached hydrogens (tertiary/aromatic N) is 3. The number of fused-ring (bicyclic) bond motifs is 6. The largest absolute Gasteiger partial charge is 0.208 e. The van der Waals surface area contributed by atoms with Crippen molar-refractivity contribution in [2.75, 3.05) is 0 Å². The zero-order chi connectivity index (χ0) is 41.0. The molecule has 4 heteroatoms. The van der Waals surface area contributed by atoms with E-state index in [2.05, 4.69) is 206 Å². The second kappa shape index (κ2) is 14.7. The average molecular weight is 808 g/mol. The molecule has 2 aromatic heterocycles. The van der Waals surface area contributed by atoms with E-state index in [9.17, 15) is 0 Å². The molecular weight excluding hydrogens is 771 g/mol. The van der Waals surface area contributed by atoms with Gasteiger partial charge in [0.25, 0.3) is 0 Å². The Bertz CT molecular complexity index is 3390. The number of aromatic nitrogens is 3. The van der Waals surface area contributed by atoms with Crippen molar-refractivity contribution in [1.82, 2.24) is 15.0 Å². The van der Waals surface area contributed by atoms with Crippen LogP contribution in [0.2, 0.25) is 0 Å². The second-order valence-corrected chi connectivity index (χ2v) is 16.9. The molecule has 1 aliphatic carbocycles. The molecule has 2 heterocycles. The molecule has 0 saturated carbocycles. The first-order chi connectivity index (χ1) is 30.7. The molecule has 0 spiro atoms. The van der Waals surface area contributed by atoms with Crippen LogP contribution >= 0.6 is 11.3 Å². The minimum Gasteiger partial charge on any atom is -0.208 e. The van der Waals surface area contributed by atoms with Crippen molar-refractivity contribution in [3.05, 3.63) is 247 Å². The highest BCUT2D eigenvalue weighted by atomic mass is 32.1. The minimum atomic E-state index is -0.525.